The number of fused-ring (bicyclic) bond motifs is 1. The van der Waals surface area contributed by atoms with Crippen LogP contribution in [0.1, 0.15) is 28.2 Å². The third kappa shape index (κ3) is 2.42. The van der Waals surface area contributed by atoms with Crippen LogP contribution in [-0.4, -0.2) is 25.5 Å². The molecular formula is C17H17N5O. The van der Waals surface area contributed by atoms with Gasteiger partial charge in [-0.2, -0.15) is 10.2 Å². The van der Waals surface area contributed by atoms with Gasteiger partial charge in [0.15, 0.2) is 5.69 Å². The lowest BCUT2D eigenvalue weighted by molar-refractivity contribution is 0.102. The Hall–Kier alpha value is -2.89. The van der Waals surface area contributed by atoms with E-state index >= 15 is 0 Å². The SMILES string of the molecule is Cn1cc(NC(=O)c2nn(-c3ccccc3)c3c2CCC3)cn1. The molecule has 0 aliphatic heterocycles. The van der Waals surface area contributed by atoms with E-state index < -0.39 is 0 Å². The van der Waals surface area contributed by atoms with Crippen molar-refractivity contribution in [2.24, 2.45) is 7.05 Å². The topological polar surface area (TPSA) is 64.7 Å². The predicted octanol–water partition coefficient (Wildman–Crippen LogP) is 2.35. The molecule has 6 heteroatoms. The average molecular weight is 307 g/mol. The van der Waals surface area contributed by atoms with Gasteiger partial charge in [0.1, 0.15) is 0 Å². The number of nitrogens with zero attached hydrogens (tertiary/aromatic N) is 4. The number of hydrogen-bond donors (Lipinski definition) is 1. The number of anilines is 1. The van der Waals surface area contributed by atoms with E-state index in [9.17, 15) is 4.79 Å². The molecule has 0 radical (unpaired) electrons. The zero-order chi connectivity index (χ0) is 15.8. The summed E-state index contributed by atoms with van der Waals surface area (Å²) in [4.78, 5) is 12.6. The van der Waals surface area contributed by atoms with Crippen molar-refractivity contribution in [2.45, 2.75) is 19.3 Å². The first-order chi connectivity index (χ1) is 11.2. The Bertz CT molecular complexity index is 862. The summed E-state index contributed by atoms with van der Waals surface area (Å²) in [5.41, 5.74) is 4.40. The van der Waals surface area contributed by atoms with Crippen LogP contribution in [0.2, 0.25) is 0 Å². The molecule has 6 nitrogen and oxygen atoms in total. The third-order valence-corrected chi connectivity index (χ3v) is 4.11. The molecule has 4 rings (SSSR count). The molecule has 2 heterocycles. The summed E-state index contributed by atoms with van der Waals surface area (Å²) in [6.45, 7) is 0. The number of amides is 1. The van der Waals surface area contributed by atoms with E-state index in [2.05, 4.69) is 15.5 Å². The standard InChI is InChI=1S/C17H17N5O/c1-21-11-12(10-18-21)19-17(23)16-14-8-5-9-15(14)22(20-16)13-6-3-2-4-7-13/h2-4,6-7,10-11H,5,8-9H2,1H3,(H,19,23). The molecule has 1 amide bonds. The molecule has 0 saturated heterocycles. The van der Waals surface area contributed by atoms with Gasteiger partial charge in [0.2, 0.25) is 0 Å². The van der Waals surface area contributed by atoms with Gasteiger partial charge in [-0.3, -0.25) is 9.48 Å². The molecule has 0 bridgehead atoms. The van der Waals surface area contributed by atoms with Crippen molar-refractivity contribution in [3.63, 3.8) is 0 Å². The van der Waals surface area contributed by atoms with E-state index in [4.69, 9.17) is 0 Å². The fraction of sp³-hybridized carbons (Fsp3) is 0.235. The van der Waals surface area contributed by atoms with E-state index in [0.29, 0.717) is 11.4 Å². The maximum absolute atomic E-state index is 12.6. The monoisotopic (exact) mass is 307 g/mol. The van der Waals surface area contributed by atoms with Gasteiger partial charge in [0.25, 0.3) is 5.91 Å². The van der Waals surface area contributed by atoms with Gasteiger partial charge in [0.05, 0.1) is 17.6 Å². The van der Waals surface area contributed by atoms with Gasteiger partial charge in [0, 0.05) is 24.5 Å². The second-order valence-electron chi connectivity index (χ2n) is 5.73. The summed E-state index contributed by atoms with van der Waals surface area (Å²) in [6, 6.07) is 9.95. The second kappa shape index (κ2) is 5.39. The van der Waals surface area contributed by atoms with E-state index in [0.717, 1.165) is 36.2 Å². The molecule has 23 heavy (non-hydrogen) atoms. The first kappa shape index (κ1) is 13.8. The van der Waals surface area contributed by atoms with Gasteiger partial charge in [-0.1, -0.05) is 18.2 Å². The molecule has 0 saturated carbocycles. The molecule has 1 aliphatic rings. The molecule has 3 aromatic rings. The molecule has 2 aromatic heterocycles. The zero-order valence-corrected chi connectivity index (χ0v) is 12.9. The number of carbonyl (C=O) groups is 1. The van der Waals surface area contributed by atoms with Gasteiger partial charge in [-0.15, -0.1) is 0 Å². The van der Waals surface area contributed by atoms with Crippen molar-refractivity contribution in [3.05, 3.63) is 59.7 Å². The van der Waals surface area contributed by atoms with Crippen LogP contribution in [0, 0.1) is 0 Å². The Morgan fingerprint density at radius 2 is 2.04 bits per heavy atom. The maximum Gasteiger partial charge on any atom is 0.276 e. The number of rotatable bonds is 3. The normalized spacial score (nSPS) is 13.1. The number of carbonyl (C=O) groups excluding carboxylic acids is 1. The lowest BCUT2D eigenvalue weighted by Gasteiger charge is -2.04. The average Bonchev–Trinajstić information content (AvgIpc) is 3.24. The highest BCUT2D eigenvalue weighted by Crippen LogP contribution is 2.28. The molecule has 1 aromatic carbocycles. The largest absolute Gasteiger partial charge is 0.318 e. The minimum absolute atomic E-state index is 0.175. The molecule has 0 fully saturated rings. The van der Waals surface area contributed by atoms with Crippen LogP contribution >= 0.6 is 0 Å². The Labute approximate surface area is 133 Å². The predicted molar refractivity (Wildman–Crippen MR) is 86.8 cm³/mol. The summed E-state index contributed by atoms with van der Waals surface area (Å²) in [7, 11) is 1.82. The van der Waals surface area contributed by atoms with Gasteiger partial charge < -0.3 is 5.32 Å². The fourth-order valence-electron chi connectivity index (χ4n) is 3.08. The van der Waals surface area contributed by atoms with Gasteiger partial charge in [-0.25, -0.2) is 4.68 Å². The van der Waals surface area contributed by atoms with Crippen LogP contribution in [0.4, 0.5) is 5.69 Å². The Morgan fingerprint density at radius 3 is 2.78 bits per heavy atom. The van der Waals surface area contributed by atoms with E-state index in [1.807, 2.05) is 42.1 Å². The Kier molecular flexibility index (Phi) is 3.22. The van der Waals surface area contributed by atoms with Crippen LogP contribution < -0.4 is 5.32 Å². The van der Waals surface area contributed by atoms with Crippen molar-refractivity contribution in [1.29, 1.82) is 0 Å². The smallest absolute Gasteiger partial charge is 0.276 e. The van der Waals surface area contributed by atoms with Crippen LogP contribution in [0.15, 0.2) is 42.7 Å². The summed E-state index contributed by atoms with van der Waals surface area (Å²) >= 11 is 0. The van der Waals surface area contributed by atoms with Crippen molar-refractivity contribution in [3.8, 4) is 5.69 Å². The number of benzene rings is 1. The summed E-state index contributed by atoms with van der Waals surface area (Å²) in [6.07, 6.45) is 6.32. The van der Waals surface area contributed by atoms with Crippen LogP contribution in [0.3, 0.4) is 0 Å². The lowest BCUT2D eigenvalue weighted by atomic mass is 10.2. The molecule has 116 valence electrons. The van der Waals surface area contributed by atoms with E-state index in [-0.39, 0.29) is 5.91 Å². The highest BCUT2D eigenvalue weighted by molar-refractivity contribution is 6.04. The maximum atomic E-state index is 12.6. The summed E-state index contributed by atoms with van der Waals surface area (Å²) in [5, 5.41) is 11.5. The van der Waals surface area contributed by atoms with Gasteiger partial charge >= 0.3 is 0 Å². The Balaban J connectivity index is 1.71. The van der Waals surface area contributed by atoms with Crippen molar-refractivity contribution >= 4 is 11.6 Å². The first-order valence-corrected chi connectivity index (χ1v) is 7.68. The van der Waals surface area contributed by atoms with Crippen LogP contribution in [0.5, 0.6) is 0 Å². The fourth-order valence-corrected chi connectivity index (χ4v) is 3.08. The van der Waals surface area contributed by atoms with E-state index in [1.54, 1.807) is 17.1 Å². The quantitative estimate of drug-likeness (QED) is 0.808. The number of nitrogens with one attached hydrogen (secondary N) is 1. The zero-order valence-electron chi connectivity index (χ0n) is 12.9. The van der Waals surface area contributed by atoms with Crippen molar-refractivity contribution in [2.75, 3.05) is 5.32 Å². The van der Waals surface area contributed by atoms with Gasteiger partial charge in [-0.05, 0) is 31.4 Å². The minimum atomic E-state index is -0.175. The molecule has 0 spiro atoms. The number of aromatic nitrogens is 4. The summed E-state index contributed by atoms with van der Waals surface area (Å²) in [5.74, 6) is -0.175. The number of aryl methyl sites for hydroxylation is 1. The van der Waals surface area contributed by atoms with Crippen LogP contribution in [0.25, 0.3) is 5.69 Å². The molecular weight excluding hydrogens is 290 g/mol. The van der Waals surface area contributed by atoms with Crippen molar-refractivity contribution in [1.82, 2.24) is 19.6 Å². The first-order valence-electron chi connectivity index (χ1n) is 7.68. The second-order valence-corrected chi connectivity index (χ2v) is 5.73. The highest BCUT2D eigenvalue weighted by Gasteiger charge is 2.27. The number of hydrogen-bond acceptors (Lipinski definition) is 3. The molecule has 0 atom stereocenters. The Morgan fingerprint density at radius 1 is 1.22 bits per heavy atom. The molecule has 1 aliphatic carbocycles. The highest BCUT2D eigenvalue weighted by atomic mass is 16.2. The molecule has 1 N–H and O–H groups in total. The van der Waals surface area contributed by atoms with Crippen molar-refractivity contribution < 1.29 is 4.79 Å². The lowest BCUT2D eigenvalue weighted by Crippen LogP contribution is -2.14. The third-order valence-electron chi connectivity index (χ3n) is 4.11. The van der Waals surface area contributed by atoms with E-state index in [1.165, 1.54) is 0 Å². The number of para-hydroxylation sites is 1. The summed E-state index contributed by atoms with van der Waals surface area (Å²) < 4.78 is 3.56. The van der Waals surface area contributed by atoms with Crippen LogP contribution in [-0.2, 0) is 19.9 Å². The minimum Gasteiger partial charge on any atom is -0.318 e. The molecule has 0 unspecified atom stereocenters.